The van der Waals surface area contributed by atoms with Gasteiger partial charge in [0.1, 0.15) is 22.3 Å². The highest BCUT2D eigenvalue weighted by Crippen LogP contribution is 2.43. The van der Waals surface area contributed by atoms with Crippen molar-refractivity contribution in [3.63, 3.8) is 0 Å². The molecule has 0 aliphatic rings. The average Bonchev–Trinajstić information content (AvgIpc) is 3.87. The van der Waals surface area contributed by atoms with Crippen molar-refractivity contribution >= 4 is 65.7 Å². The van der Waals surface area contributed by atoms with Crippen molar-refractivity contribution in [1.82, 2.24) is 19.5 Å². The van der Waals surface area contributed by atoms with Crippen LogP contribution in [0.25, 0.3) is 106 Å². The van der Waals surface area contributed by atoms with E-state index in [-0.39, 0.29) is 0 Å². The molecular weight excluding hydrogens is 629 g/mol. The van der Waals surface area contributed by atoms with Crippen LogP contribution in [0, 0.1) is 0 Å². The van der Waals surface area contributed by atoms with E-state index in [9.17, 15) is 0 Å². The molecule has 0 aliphatic carbocycles. The molecule has 0 atom stereocenters. The topological polar surface area (TPSA) is 69.9 Å². The highest BCUT2D eigenvalue weighted by Gasteiger charge is 2.24. The van der Waals surface area contributed by atoms with E-state index in [1.54, 1.807) is 0 Å². The first-order valence-electron chi connectivity index (χ1n) is 16.9. The van der Waals surface area contributed by atoms with Crippen LogP contribution in [0.15, 0.2) is 167 Å². The number of furan rings is 2. The van der Waals surface area contributed by atoms with Crippen LogP contribution < -0.4 is 0 Å². The summed E-state index contributed by atoms with van der Waals surface area (Å²) in [6.07, 6.45) is 0. The molecule has 11 aromatic rings. The molecule has 6 heteroatoms. The highest BCUT2D eigenvalue weighted by molar-refractivity contribution is 6.16. The van der Waals surface area contributed by atoms with E-state index in [1.807, 2.05) is 78.9 Å². The average molecular weight is 655 g/mol. The van der Waals surface area contributed by atoms with E-state index in [1.165, 1.54) is 10.8 Å². The maximum atomic E-state index is 6.49. The van der Waals surface area contributed by atoms with Gasteiger partial charge in [0.05, 0.1) is 22.1 Å². The first-order valence-corrected chi connectivity index (χ1v) is 16.9. The molecular formula is C45H26N4O2. The lowest BCUT2D eigenvalue weighted by Crippen LogP contribution is -2.04. The fourth-order valence-corrected chi connectivity index (χ4v) is 7.58. The van der Waals surface area contributed by atoms with Gasteiger partial charge in [0, 0.05) is 43.6 Å². The Morgan fingerprint density at radius 2 is 0.902 bits per heavy atom. The van der Waals surface area contributed by atoms with Gasteiger partial charge in [-0.2, -0.15) is 0 Å². The summed E-state index contributed by atoms with van der Waals surface area (Å²) in [5.74, 6) is 1.74. The monoisotopic (exact) mass is 654 g/mol. The molecule has 0 saturated carbocycles. The second kappa shape index (κ2) is 10.7. The minimum absolute atomic E-state index is 0.569. The minimum atomic E-state index is 0.569. The van der Waals surface area contributed by atoms with Gasteiger partial charge >= 0.3 is 0 Å². The number of para-hydroxylation sites is 4. The summed E-state index contributed by atoms with van der Waals surface area (Å²) in [6.45, 7) is 0. The Morgan fingerprint density at radius 3 is 1.65 bits per heavy atom. The fraction of sp³-hybridized carbons (Fsp3) is 0. The molecule has 0 N–H and O–H groups in total. The molecule has 0 fully saturated rings. The van der Waals surface area contributed by atoms with Crippen molar-refractivity contribution in [1.29, 1.82) is 0 Å². The molecule has 51 heavy (non-hydrogen) atoms. The largest absolute Gasteiger partial charge is 0.456 e. The zero-order chi connectivity index (χ0) is 33.5. The van der Waals surface area contributed by atoms with Crippen molar-refractivity contribution in [2.75, 3.05) is 0 Å². The van der Waals surface area contributed by atoms with Crippen molar-refractivity contribution in [3.05, 3.63) is 158 Å². The van der Waals surface area contributed by atoms with Gasteiger partial charge in [-0.05, 0) is 54.6 Å². The lowest BCUT2D eigenvalue weighted by molar-refractivity contribution is 0.668. The van der Waals surface area contributed by atoms with Gasteiger partial charge in [0.15, 0.2) is 17.5 Å². The number of benzene rings is 7. The lowest BCUT2D eigenvalue weighted by Gasteiger charge is -2.16. The van der Waals surface area contributed by atoms with Crippen molar-refractivity contribution < 1.29 is 8.83 Å². The van der Waals surface area contributed by atoms with E-state index in [0.717, 1.165) is 77.3 Å². The third kappa shape index (κ3) is 4.20. The van der Waals surface area contributed by atoms with Crippen LogP contribution in [-0.4, -0.2) is 19.5 Å². The molecule has 0 bridgehead atoms. The first-order chi connectivity index (χ1) is 25.3. The molecule has 11 rings (SSSR count). The molecule has 4 aromatic heterocycles. The third-order valence-electron chi connectivity index (χ3n) is 9.86. The molecule has 0 unspecified atom stereocenters. The second-order valence-electron chi connectivity index (χ2n) is 12.8. The predicted octanol–water partition coefficient (Wildman–Crippen LogP) is 11.8. The smallest absolute Gasteiger partial charge is 0.166 e. The van der Waals surface area contributed by atoms with Crippen LogP contribution >= 0.6 is 0 Å². The maximum absolute atomic E-state index is 6.49. The van der Waals surface area contributed by atoms with Crippen LogP contribution in [0.2, 0.25) is 0 Å². The quantitative estimate of drug-likeness (QED) is 0.189. The van der Waals surface area contributed by atoms with Gasteiger partial charge in [0.2, 0.25) is 0 Å². The Labute approximate surface area is 290 Å². The molecule has 0 saturated heterocycles. The van der Waals surface area contributed by atoms with Gasteiger partial charge in [0.25, 0.3) is 0 Å². The van der Waals surface area contributed by atoms with Crippen molar-refractivity contribution in [2.24, 2.45) is 0 Å². The number of hydrogen-bond acceptors (Lipinski definition) is 5. The van der Waals surface area contributed by atoms with Gasteiger partial charge in [-0.1, -0.05) is 103 Å². The molecule has 0 aliphatic heterocycles. The number of fused-ring (bicyclic) bond motifs is 9. The van der Waals surface area contributed by atoms with E-state index in [4.69, 9.17) is 23.8 Å². The van der Waals surface area contributed by atoms with Gasteiger partial charge < -0.3 is 13.4 Å². The Hall–Kier alpha value is -7.05. The zero-order valence-corrected chi connectivity index (χ0v) is 27.1. The Balaban J connectivity index is 1.26. The number of nitrogens with zero attached hydrogens (tertiary/aromatic N) is 4. The van der Waals surface area contributed by atoms with E-state index in [2.05, 4.69) is 83.4 Å². The second-order valence-corrected chi connectivity index (χ2v) is 12.8. The Kier molecular flexibility index (Phi) is 5.86. The standard InChI is InChI=1S/C45H26N4O2/c1-2-12-27(13-3-1)43-46-44(28-22-24-39-34(26-28)31-16-6-10-20-37(31)50-39)48-45(47-43)33-23-25-40-41(32-17-7-11-21-38(32)51-40)42(33)49-35-18-8-4-14-29(35)30-15-5-9-19-36(30)49/h1-26H. The third-order valence-corrected chi connectivity index (χ3v) is 9.86. The van der Waals surface area contributed by atoms with Crippen LogP contribution in [-0.2, 0) is 0 Å². The normalized spacial score (nSPS) is 11.9. The number of aromatic nitrogens is 4. The molecule has 0 spiro atoms. The van der Waals surface area contributed by atoms with Crippen molar-refractivity contribution in [2.45, 2.75) is 0 Å². The van der Waals surface area contributed by atoms with Gasteiger partial charge in [-0.25, -0.2) is 15.0 Å². The fourth-order valence-electron chi connectivity index (χ4n) is 7.58. The van der Waals surface area contributed by atoms with Crippen LogP contribution in [0.1, 0.15) is 0 Å². The SMILES string of the molecule is c1ccc(-c2nc(-c3ccc4oc5ccccc5c4c3)nc(-c3ccc4oc5ccccc5c4c3-n3c4ccccc4c4ccccc43)n2)cc1. The predicted molar refractivity (Wildman–Crippen MR) is 205 cm³/mol. The molecule has 6 nitrogen and oxygen atoms in total. The molecule has 0 amide bonds. The van der Waals surface area contributed by atoms with Crippen molar-refractivity contribution in [3.8, 4) is 39.9 Å². The molecule has 0 radical (unpaired) electrons. The van der Waals surface area contributed by atoms with E-state index >= 15 is 0 Å². The van der Waals surface area contributed by atoms with Crippen LogP contribution in [0.3, 0.4) is 0 Å². The van der Waals surface area contributed by atoms with E-state index in [0.29, 0.717) is 17.5 Å². The van der Waals surface area contributed by atoms with Gasteiger partial charge in [-0.3, -0.25) is 0 Å². The maximum Gasteiger partial charge on any atom is 0.166 e. The number of rotatable bonds is 4. The minimum Gasteiger partial charge on any atom is -0.456 e. The van der Waals surface area contributed by atoms with E-state index < -0.39 is 0 Å². The summed E-state index contributed by atoms with van der Waals surface area (Å²) < 4.78 is 15.0. The molecule has 238 valence electrons. The molecule has 4 heterocycles. The Morgan fingerprint density at radius 1 is 0.373 bits per heavy atom. The summed E-state index contributed by atoms with van der Waals surface area (Å²) in [7, 11) is 0. The van der Waals surface area contributed by atoms with Gasteiger partial charge in [-0.15, -0.1) is 0 Å². The highest BCUT2D eigenvalue weighted by atomic mass is 16.3. The summed E-state index contributed by atoms with van der Waals surface area (Å²) in [5, 5.41) is 6.45. The summed E-state index contributed by atoms with van der Waals surface area (Å²) in [5.41, 5.74) is 9.10. The Bertz CT molecular complexity index is 3100. The molecule has 7 aromatic carbocycles. The number of hydrogen-bond donors (Lipinski definition) is 0. The summed E-state index contributed by atoms with van der Waals surface area (Å²) in [4.78, 5) is 15.6. The lowest BCUT2D eigenvalue weighted by atomic mass is 10.0. The zero-order valence-electron chi connectivity index (χ0n) is 27.1. The van der Waals surface area contributed by atoms with Crippen LogP contribution in [0.4, 0.5) is 0 Å². The summed E-state index contributed by atoms with van der Waals surface area (Å²) in [6, 6.07) is 53.8. The summed E-state index contributed by atoms with van der Waals surface area (Å²) >= 11 is 0. The first kappa shape index (κ1) is 27.9. The van der Waals surface area contributed by atoms with Crippen LogP contribution in [0.5, 0.6) is 0 Å².